The average Bonchev–Trinajstić information content (AvgIpc) is 2.96. The Bertz CT molecular complexity index is 783. The largest absolute Gasteiger partial charge is 0.350 e. The minimum Gasteiger partial charge on any atom is -0.350 e. The van der Waals surface area contributed by atoms with Crippen LogP contribution in [0.3, 0.4) is 0 Å². The number of nitrogens with one attached hydrogen (secondary N) is 1. The number of amides is 1. The van der Waals surface area contributed by atoms with E-state index in [9.17, 15) is 4.79 Å². The second-order valence-electron chi connectivity index (χ2n) is 5.03. The molecule has 0 fully saturated rings. The normalized spacial score (nSPS) is 10.8. The number of aryl methyl sites for hydroxylation is 1. The highest BCUT2D eigenvalue weighted by Gasteiger charge is 2.06. The van der Waals surface area contributed by atoms with Gasteiger partial charge in [-0.2, -0.15) is 0 Å². The molecule has 0 saturated heterocycles. The van der Waals surface area contributed by atoms with Gasteiger partial charge in [0, 0.05) is 17.3 Å². The number of benzene rings is 1. The standard InChI is InChI=1S/C17H17N3OS/c1-13-6-5-9-20-11-14(19-17(13)20)10-18-16(21)12-22-15-7-3-2-4-8-15/h2-9,11H,10,12H2,1H3,(H,18,21). The minimum absolute atomic E-state index is 0.0163. The number of imidazole rings is 1. The van der Waals surface area contributed by atoms with E-state index < -0.39 is 0 Å². The number of carbonyl (C=O) groups is 1. The Morgan fingerprint density at radius 2 is 2.05 bits per heavy atom. The molecule has 3 aromatic rings. The summed E-state index contributed by atoms with van der Waals surface area (Å²) < 4.78 is 1.98. The zero-order valence-electron chi connectivity index (χ0n) is 12.3. The molecule has 0 radical (unpaired) electrons. The summed E-state index contributed by atoms with van der Waals surface area (Å²) in [6, 6.07) is 13.9. The molecule has 112 valence electrons. The van der Waals surface area contributed by atoms with Crippen molar-refractivity contribution in [1.29, 1.82) is 0 Å². The molecule has 4 nitrogen and oxygen atoms in total. The first-order valence-corrected chi connectivity index (χ1v) is 8.09. The molecule has 22 heavy (non-hydrogen) atoms. The Morgan fingerprint density at radius 3 is 2.82 bits per heavy atom. The molecule has 3 rings (SSSR count). The first-order valence-electron chi connectivity index (χ1n) is 7.10. The molecule has 0 saturated carbocycles. The Balaban J connectivity index is 1.55. The lowest BCUT2D eigenvalue weighted by molar-refractivity contribution is -0.118. The van der Waals surface area contributed by atoms with Gasteiger partial charge in [-0.1, -0.05) is 24.3 Å². The van der Waals surface area contributed by atoms with Crippen molar-refractivity contribution in [3.05, 3.63) is 66.1 Å². The maximum absolute atomic E-state index is 11.9. The number of aromatic nitrogens is 2. The van der Waals surface area contributed by atoms with Crippen LogP contribution in [0.1, 0.15) is 11.3 Å². The lowest BCUT2D eigenvalue weighted by atomic mass is 10.3. The molecule has 2 aromatic heterocycles. The van der Waals surface area contributed by atoms with Crippen LogP contribution in [0.4, 0.5) is 0 Å². The van der Waals surface area contributed by atoms with E-state index in [1.54, 1.807) is 0 Å². The van der Waals surface area contributed by atoms with Crippen LogP contribution < -0.4 is 5.32 Å². The van der Waals surface area contributed by atoms with E-state index in [2.05, 4.69) is 10.3 Å². The van der Waals surface area contributed by atoms with Crippen molar-refractivity contribution in [2.75, 3.05) is 5.75 Å². The maximum Gasteiger partial charge on any atom is 0.230 e. The molecule has 1 N–H and O–H groups in total. The first kappa shape index (κ1) is 14.7. The van der Waals surface area contributed by atoms with Gasteiger partial charge in [0.25, 0.3) is 0 Å². The Morgan fingerprint density at radius 1 is 1.23 bits per heavy atom. The van der Waals surface area contributed by atoms with Crippen molar-refractivity contribution in [3.63, 3.8) is 0 Å². The third-order valence-corrected chi connectivity index (χ3v) is 4.32. The lowest BCUT2D eigenvalue weighted by Gasteiger charge is -2.03. The van der Waals surface area contributed by atoms with Gasteiger partial charge in [0.05, 0.1) is 18.0 Å². The van der Waals surface area contributed by atoms with Crippen LogP contribution in [0.5, 0.6) is 0 Å². The molecule has 0 spiro atoms. The smallest absolute Gasteiger partial charge is 0.230 e. The fraction of sp³-hybridized carbons (Fsp3) is 0.176. The van der Waals surface area contributed by atoms with Gasteiger partial charge in [0.1, 0.15) is 5.65 Å². The van der Waals surface area contributed by atoms with Crippen molar-refractivity contribution < 1.29 is 4.79 Å². The Kier molecular flexibility index (Phi) is 4.44. The summed E-state index contributed by atoms with van der Waals surface area (Å²) in [7, 11) is 0. The van der Waals surface area contributed by atoms with Gasteiger partial charge in [0.15, 0.2) is 0 Å². The van der Waals surface area contributed by atoms with Gasteiger partial charge in [-0.15, -0.1) is 11.8 Å². The maximum atomic E-state index is 11.9. The van der Waals surface area contributed by atoms with Crippen molar-refractivity contribution in [1.82, 2.24) is 14.7 Å². The second-order valence-corrected chi connectivity index (χ2v) is 6.08. The van der Waals surface area contributed by atoms with Crippen LogP contribution >= 0.6 is 11.8 Å². The summed E-state index contributed by atoms with van der Waals surface area (Å²) in [5.74, 6) is 0.429. The van der Waals surface area contributed by atoms with Gasteiger partial charge in [-0.05, 0) is 30.7 Å². The second kappa shape index (κ2) is 6.66. The Hall–Kier alpha value is -2.27. The number of thioether (sulfide) groups is 1. The third-order valence-electron chi connectivity index (χ3n) is 3.31. The summed E-state index contributed by atoms with van der Waals surface area (Å²) in [5, 5.41) is 2.91. The van der Waals surface area contributed by atoms with Gasteiger partial charge in [-0.25, -0.2) is 4.98 Å². The van der Waals surface area contributed by atoms with Crippen LogP contribution in [0.15, 0.2) is 59.8 Å². The van der Waals surface area contributed by atoms with E-state index in [1.165, 1.54) is 11.8 Å². The van der Waals surface area contributed by atoms with E-state index in [4.69, 9.17) is 0 Å². The minimum atomic E-state index is 0.0163. The lowest BCUT2D eigenvalue weighted by Crippen LogP contribution is -2.24. The number of hydrogen-bond donors (Lipinski definition) is 1. The molecule has 5 heteroatoms. The van der Waals surface area contributed by atoms with E-state index in [0.717, 1.165) is 21.8 Å². The SMILES string of the molecule is Cc1cccn2cc(CNC(=O)CSc3ccccc3)nc12. The van der Waals surface area contributed by atoms with Crippen molar-refractivity contribution in [3.8, 4) is 0 Å². The average molecular weight is 311 g/mol. The number of nitrogens with zero attached hydrogens (tertiary/aromatic N) is 2. The van der Waals surface area contributed by atoms with Crippen LogP contribution in [0, 0.1) is 6.92 Å². The summed E-state index contributed by atoms with van der Waals surface area (Å²) in [6.45, 7) is 2.48. The van der Waals surface area contributed by atoms with Gasteiger partial charge < -0.3 is 9.72 Å². The molecule has 1 aromatic carbocycles. The summed E-state index contributed by atoms with van der Waals surface area (Å²) in [4.78, 5) is 17.5. The molecule has 0 atom stereocenters. The highest BCUT2D eigenvalue weighted by molar-refractivity contribution is 8.00. The van der Waals surface area contributed by atoms with Crippen molar-refractivity contribution in [2.45, 2.75) is 18.4 Å². The topological polar surface area (TPSA) is 46.4 Å². The highest BCUT2D eigenvalue weighted by Crippen LogP contribution is 2.16. The number of rotatable bonds is 5. The number of hydrogen-bond acceptors (Lipinski definition) is 3. The summed E-state index contributed by atoms with van der Waals surface area (Å²) in [5.41, 5.74) is 2.93. The van der Waals surface area contributed by atoms with Gasteiger partial charge in [0.2, 0.25) is 5.91 Å². The van der Waals surface area contributed by atoms with E-state index in [-0.39, 0.29) is 5.91 Å². The molecule has 0 aliphatic heterocycles. The van der Waals surface area contributed by atoms with Gasteiger partial charge in [-0.3, -0.25) is 4.79 Å². The molecular formula is C17H17N3OS. The number of pyridine rings is 1. The summed E-state index contributed by atoms with van der Waals surface area (Å²) in [6.07, 6.45) is 3.92. The zero-order valence-corrected chi connectivity index (χ0v) is 13.1. The zero-order chi connectivity index (χ0) is 15.4. The molecule has 0 aliphatic rings. The molecule has 1 amide bonds. The van der Waals surface area contributed by atoms with Gasteiger partial charge >= 0.3 is 0 Å². The fourth-order valence-corrected chi connectivity index (χ4v) is 2.94. The highest BCUT2D eigenvalue weighted by atomic mass is 32.2. The Labute approximate surface area is 133 Å². The third kappa shape index (κ3) is 3.49. The molecule has 0 bridgehead atoms. The van der Waals surface area contributed by atoms with Crippen LogP contribution in [0.2, 0.25) is 0 Å². The first-order chi connectivity index (χ1) is 10.7. The quantitative estimate of drug-likeness (QED) is 0.737. The van der Waals surface area contributed by atoms with Crippen LogP contribution in [-0.4, -0.2) is 21.0 Å². The number of fused-ring (bicyclic) bond motifs is 1. The fourth-order valence-electron chi connectivity index (χ4n) is 2.20. The van der Waals surface area contributed by atoms with Crippen LogP contribution in [-0.2, 0) is 11.3 Å². The summed E-state index contributed by atoms with van der Waals surface area (Å²) >= 11 is 1.53. The molecule has 0 unspecified atom stereocenters. The predicted octanol–water partition coefficient (Wildman–Crippen LogP) is 3.05. The van der Waals surface area contributed by atoms with E-state index in [1.807, 2.05) is 66.2 Å². The van der Waals surface area contributed by atoms with Crippen molar-refractivity contribution in [2.24, 2.45) is 0 Å². The van der Waals surface area contributed by atoms with Crippen molar-refractivity contribution >= 4 is 23.3 Å². The molecule has 2 heterocycles. The van der Waals surface area contributed by atoms with E-state index >= 15 is 0 Å². The predicted molar refractivity (Wildman–Crippen MR) is 88.9 cm³/mol. The molecular weight excluding hydrogens is 294 g/mol. The van der Waals surface area contributed by atoms with E-state index in [0.29, 0.717) is 12.3 Å². The monoisotopic (exact) mass is 311 g/mol. The molecule has 0 aliphatic carbocycles. The number of carbonyl (C=O) groups excluding carboxylic acids is 1. The van der Waals surface area contributed by atoms with Crippen LogP contribution in [0.25, 0.3) is 5.65 Å².